The van der Waals surface area contributed by atoms with Crippen molar-refractivity contribution in [3.8, 4) is 5.75 Å². The predicted molar refractivity (Wildman–Crippen MR) is 87.1 cm³/mol. The maximum Gasteiger partial charge on any atom is 0.198 e. The number of benzene rings is 2. The molecular weight excluding hydrogens is 312 g/mol. The first kappa shape index (κ1) is 15.5. The van der Waals surface area contributed by atoms with E-state index in [-0.39, 0.29) is 28.8 Å². The summed E-state index contributed by atoms with van der Waals surface area (Å²) < 4.78 is 29.5. The maximum absolute atomic E-state index is 12.2. The minimum absolute atomic E-state index is 0.123. The smallest absolute Gasteiger partial charge is 0.198 e. The molecular formula is C18H16O4S. The Labute approximate surface area is 135 Å². The van der Waals surface area contributed by atoms with E-state index >= 15 is 0 Å². The van der Waals surface area contributed by atoms with E-state index in [1.165, 1.54) is 6.26 Å². The van der Waals surface area contributed by atoms with Crippen LogP contribution in [0, 0.1) is 0 Å². The predicted octanol–water partition coefficient (Wildman–Crippen LogP) is 3.11. The van der Waals surface area contributed by atoms with E-state index < -0.39 is 9.84 Å². The number of hydrogen-bond acceptors (Lipinski definition) is 4. The number of carbonyl (C=O) groups is 1. The van der Waals surface area contributed by atoms with E-state index in [1.54, 1.807) is 42.5 Å². The molecule has 118 valence electrons. The Morgan fingerprint density at radius 3 is 2.35 bits per heavy atom. The minimum atomic E-state index is -3.35. The molecule has 0 N–H and O–H groups in total. The minimum Gasteiger partial charge on any atom is -0.454 e. The molecule has 1 atom stereocenters. The van der Waals surface area contributed by atoms with E-state index in [2.05, 4.69) is 0 Å². The van der Waals surface area contributed by atoms with Gasteiger partial charge in [-0.15, -0.1) is 0 Å². The van der Waals surface area contributed by atoms with Crippen molar-refractivity contribution in [2.45, 2.75) is 17.2 Å². The molecule has 0 aliphatic heterocycles. The van der Waals surface area contributed by atoms with Gasteiger partial charge in [-0.2, -0.15) is 0 Å². The van der Waals surface area contributed by atoms with Gasteiger partial charge in [0, 0.05) is 18.6 Å². The molecule has 1 aliphatic rings. The largest absolute Gasteiger partial charge is 0.454 e. The lowest BCUT2D eigenvalue weighted by atomic mass is 9.99. The van der Waals surface area contributed by atoms with Crippen molar-refractivity contribution in [1.29, 1.82) is 0 Å². The van der Waals surface area contributed by atoms with Gasteiger partial charge in [0.05, 0.1) is 4.90 Å². The molecule has 4 nitrogen and oxygen atoms in total. The molecule has 0 saturated heterocycles. The fraction of sp³-hybridized carbons (Fsp3) is 0.167. The molecule has 0 heterocycles. The number of hydrogen-bond donors (Lipinski definition) is 0. The van der Waals surface area contributed by atoms with E-state index in [0.29, 0.717) is 11.3 Å². The summed E-state index contributed by atoms with van der Waals surface area (Å²) in [4.78, 5) is 12.4. The van der Waals surface area contributed by atoms with Crippen molar-refractivity contribution in [3.05, 3.63) is 72.0 Å². The number of sulfone groups is 1. The lowest BCUT2D eigenvalue weighted by Gasteiger charge is -2.11. The Bertz CT molecular complexity index is 867. The van der Waals surface area contributed by atoms with Crippen LogP contribution in [0.5, 0.6) is 5.75 Å². The SMILES string of the molecule is CS(=O)(=O)c1ccccc1C1C=C(Oc2ccccc2)C(=O)C1. The molecule has 2 aromatic carbocycles. The summed E-state index contributed by atoms with van der Waals surface area (Å²) >= 11 is 0. The van der Waals surface area contributed by atoms with Gasteiger partial charge >= 0.3 is 0 Å². The van der Waals surface area contributed by atoms with E-state index in [4.69, 9.17) is 4.74 Å². The molecule has 0 aromatic heterocycles. The monoisotopic (exact) mass is 328 g/mol. The van der Waals surface area contributed by atoms with E-state index in [1.807, 2.05) is 18.2 Å². The number of allylic oxidation sites excluding steroid dienone is 2. The molecule has 1 unspecified atom stereocenters. The number of ether oxygens (including phenoxy) is 1. The van der Waals surface area contributed by atoms with Gasteiger partial charge in [0.15, 0.2) is 21.4 Å². The second kappa shape index (κ2) is 6.01. The van der Waals surface area contributed by atoms with Gasteiger partial charge in [0.25, 0.3) is 0 Å². The summed E-state index contributed by atoms with van der Waals surface area (Å²) in [6.45, 7) is 0. The first-order chi connectivity index (χ1) is 10.9. The van der Waals surface area contributed by atoms with Crippen LogP contribution in [0.4, 0.5) is 0 Å². The summed E-state index contributed by atoms with van der Waals surface area (Å²) in [6.07, 6.45) is 3.10. The van der Waals surface area contributed by atoms with E-state index in [9.17, 15) is 13.2 Å². The molecule has 0 spiro atoms. The highest BCUT2D eigenvalue weighted by atomic mass is 32.2. The van der Waals surface area contributed by atoms with Crippen molar-refractivity contribution in [3.63, 3.8) is 0 Å². The maximum atomic E-state index is 12.2. The molecule has 0 fully saturated rings. The summed E-state index contributed by atoms with van der Waals surface area (Å²) in [5.41, 5.74) is 0.634. The Morgan fingerprint density at radius 2 is 1.65 bits per heavy atom. The van der Waals surface area contributed by atoms with Crippen LogP contribution < -0.4 is 4.74 Å². The zero-order valence-electron chi connectivity index (χ0n) is 12.6. The molecule has 3 rings (SSSR count). The quantitative estimate of drug-likeness (QED) is 0.865. The molecule has 0 bridgehead atoms. The van der Waals surface area contributed by atoms with Crippen molar-refractivity contribution < 1.29 is 17.9 Å². The van der Waals surface area contributed by atoms with Crippen LogP contribution in [0.1, 0.15) is 17.9 Å². The molecule has 2 aromatic rings. The number of carbonyl (C=O) groups excluding carboxylic acids is 1. The molecule has 0 amide bonds. The third-order valence-electron chi connectivity index (χ3n) is 3.72. The van der Waals surface area contributed by atoms with Gasteiger partial charge in [0.2, 0.25) is 0 Å². The van der Waals surface area contributed by atoms with Crippen molar-refractivity contribution >= 4 is 15.6 Å². The highest BCUT2D eigenvalue weighted by Crippen LogP contribution is 2.34. The topological polar surface area (TPSA) is 60.4 Å². The van der Waals surface area contributed by atoms with Crippen molar-refractivity contribution in [1.82, 2.24) is 0 Å². The van der Waals surface area contributed by atoms with Crippen molar-refractivity contribution in [2.75, 3.05) is 6.26 Å². The zero-order chi connectivity index (χ0) is 16.4. The molecule has 23 heavy (non-hydrogen) atoms. The van der Waals surface area contributed by atoms with Gasteiger partial charge < -0.3 is 4.74 Å². The first-order valence-corrected chi connectivity index (χ1v) is 9.11. The van der Waals surface area contributed by atoms with E-state index in [0.717, 1.165) is 0 Å². The lowest BCUT2D eigenvalue weighted by Crippen LogP contribution is -2.06. The van der Waals surface area contributed by atoms with Crippen LogP contribution in [-0.2, 0) is 14.6 Å². The fourth-order valence-electron chi connectivity index (χ4n) is 2.67. The Hall–Kier alpha value is -2.40. The molecule has 1 aliphatic carbocycles. The Balaban J connectivity index is 1.93. The Morgan fingerprint density at radius 1 is 1.00 bits per heavy atom. The van der Waals surface area contributed by atoms with Crippen LogP contribution >= 0.6 is 0 Å². The molecule has 5 heteroatoms. The Kier molecular flexibility index (Phi) is 4.05. The number of Topliss-reactive ketones (excluding diaryl/α,β-unsaturated/α-hetero) is 1. The first-order valence-electron chi connectivity index (χ1n) is 7.22. The number of rotatable bonds is 4. The van der Waals surface area contributed by atoms with Gasteiger partial charge in [-0.05, 0) is 29.8 Å². The average Bonchev–Trinajstić information content (AvgIpc) is 2.88. The molecule has 0 radical (unpaired) electrons. The van der Waals surface area contributed by atoms with Crippen molar-refractivity contribution in [2.24, 2.45) is 0 Å². The normalized spacial score (nSPS) is 17.9. The van der Waals surface area contributed by atoms with Gasteiger partial charge in [0.1, 0.15) is 5.75 Å². The van der Waals surface area contributed by atoms with Crippen LogP contribution in [-0.4, -0.2) is 20.5 Å². The lowest BCUT2D eigenvalue weighted by molar-refractivity contribution is -0.116. The standard InChI is InChI=1S/C18H16O4S/c1-23(20,21)18-10-6-5-9-15(18)13-11-16(19)17(12-13)22-14-7-3-2-4-8-14/h2-10,12-13H,11H2,1H3. The number of para-hydroxylation sites is 1. The zero-order valence-corrected chi connectivity index (χ0v) is 13.4. The van der Waals surface area contributed by atoms with Crippen LogP contribution in [0.2, 0.25) is 0 Å². The van der Waals surface area contributed by atoms with Gasteiger partial charge in [-0.1, -0.05) is 36.4 Å². The van der Waals surface area contributed by atoms with Gasteiger partial charge in [-0.25, -0.2) is 8.42 Å². The van der Waals surface area contributed by atoms with Crippen LogP contribution in [0.3, 0.4) is 0 Å². The third-order valence-corrected chi connectivity index (χ3v) is 4.89. The fourth-order valence-corrected chi connectivity index (χ4v) is 3.64. The summed E-state index contributed by atoms with van der Waals surface area (Å²) in [5, 5.41) is 0. The van der Waals surface area contributed by atoms with Gasteiger partial charge in [-0.3, -0.25) is 4.79 Å². The summed E-state index contributed by atoms with van der Waals surface area (Å²) in [7, 11) is -3.35. The van der Waals surface area contributed by atoms with Crippen LogP contribution in [0.15, 0.2) is 71.3 Å². The second-order valence-corrected chi connectivity index (χ2v) is 7.47. The molecule has 0 saturated carbocycles. The second-order valence-electron chi connectivity index (χ2n) is 5.49. The van der Waals surface area contributed by atoms with Crippen LogP contribution in [0.25, 0.3) is 0 Å². The third kappa shape index (κ3) is 3.35. The number of ketones is 1. The summed E-state index contributed by atoms with van der Waals surface area (Å²) in [5.74, 6) is 0.447. The highest BCUT2D eigenvalue weighted by Gasteiger charge is 2.30. The summed E-state index contributed by atoms with van der Waals surface area (Å²) in [6, 6.07) is 15.8. The average molecular weight is 328 g/mol. The highest BCUT2D eigenvalue weighted by molar-refractivity contribution is 7.90.